The average Bonchev–Trinajstić information content (AvgIpc) is 2.42. The molecule has 0 amide bonds. The predicted molar refractivity (Wildman–Crippen MR) is 81.2 cm³/mol. The topological polar surface area (TPSA) is 28.2 Å². The third kappa shape index (κ3) is 4.62. The fraction of sp³-hybridized carbons (Fsp3) is 0.438. The van der Waals surface area contributed by atoms with E-state index >= 15 is 0 Å². The standard InChI is InChI=1S/C16H23N3/c1-19(2)10-4-3-8-17-12-14-5-6-16-13-18-9-7-15(16)11-14/h5-7,9,11,13,17H,3-4,8,10,12H2,1-2H3. The Labute approximate surface area is 115 Å². The number of pyridine rings is 1. The maximum atomic E-state index is 4.13. The fourth-order valence-corrected chi connectivity index (χ4v) is 2.15. The van der Waals surface area contributed by atoms with Gasteiger partial charge in [0.1, 0.15) is 0 Å². The van der Waals surface area contributed by atoms with Gasteiger partial charge >= 0.3 is 0 Å². The smallest absolute Gasteiger partial charge is 0.0346 e. The molecule has 2 rings (SSSR count). The van der Waals surface area contributed by atoms with Gasteiger partial charge in [-0.15, -0.1) is 0 Å². The van der Waals surface area contributed by atoms with Crippen molar-refractivity contribution >= 4 is 10.8 Å². The number of unbranched alkanes of at least 4 members (excludes halogenated alkanes) is 1. The molecule has 3 heteroatoms. The number of nitrogens with one attached hydrogen (secondary N) is 1. The minimum Gasteiger partial charge on any atom is -0.313 e. The van der Waals surface area contributed by atoms with Crippen molar-refractivity contribution in [2.45, 2.75) is 19.4 Å². The van der Waals surface area contributed by atoms with Gasteiger partial charge in [0.25, 0.3) is 0 Å². The molecule has 0 atom stereocenters. The molecule has 0 bridgehead atoms. The van der Waals surface area contributed by atoms with Crippen LogP contribution in [0.2, 0.25) is 0 Å². The van der Waals surface area contributed by atoms with Crippen molar-refractivity contribution < 1.29 is 0 Å². The Balaban J connectivity index is 1.75. The van der Waals surface area contributed by atoms with Crippen LogP contribution in [0.1, 0.15) is 18.4 Å². The molecular weight excluding hydrogens is 234 g/mol. The molecule has 0 aliphatic heterocycles. The highest BCUT2D eigenvalue weighted by atomic mass is 15.0. The molecule has 0 radical (unpaired) electrons. The number of aromatic nitrogens is 1. The van der Waals surface area contributed by atoms with Gasteiger partial charge in [-0.05, 0) is 63.1 Å². The van der Waals surface area contributed by atoms with E-state index in [2.05, 4.69) is 53.6 Å². The lowest BCUT2D eigenvalue weighted by Gasteiger charge is -2.09. The first-order valence-electron chi connectivity index (χ1n) is 6.94. The van der Waals surface area contributed by atoms with Crippen LogP contribution >= 0.6 is 0 Å². The molecule has 2 aromatic rings. The number of hydrogen-bond donors (Lipinski definition) is 1. The molecule has 1 N–H and O–H groups in total. The molecule has 0 spiro atoms. The zero-order valence-corrected chi connectivity index (χ0v) is 11.9. The van der Waals surface area contributed by atoms with Crippen molar-refractivity contribution in [2.24, 2.45) is 0 Å². The monoisotopic (exact) mass is 257 g/mol. The van der Waals surface area contributed by atoms with Crippen molar-refractivity contribution in [3.05, 3.63) is 42.2 Å². The van der Waals surface area contributed by atoms with Gasteiger partial charge in [0.15, 0.2) is 0 Å². The molecule has 0 aliphatic carbocycles. The summed E-state index contributed by atoms with van der Waals surface area (Å²) in [7, 11) is 4.24. The van der Waals surface area contributed by atoms with Crippen LogP contribution in [0.4, 0.5) is 0 Å². The third-order valence-electron chi connectivity index (χ3n) is 3.24. The van der Waals surface area contributed by atoms with Crippen LogP contribution in [-0.4, -0.2) is 37.1 Å². The lowest BCUT2D eigenvalue weighted by molar-refractivity contribution is 0.391. The molecule has 3 nitrogen and oxygen atoms in total. The van der Waals surface area contributed by atoms with Gasteiger partial charge in [0.2, 0.25) is 0 Å². The maximum absolute atomic E-state index is 4.13. The Bertz CT molecular complexity index is 508. The second-order valence-corrected chi connectivity index (χ2v) is 5.24. The van der Waals surface area contributed by atoms with E-state index in [-0.39, 0.29) is 0 Å². The first kappa shape index (κ1) is 14.0. The highest BCUT2D eigenvalue weighted by molar-refractivity contribution is 5.81. The van der Waals surface area contributed by atoms with E-state index in [4.69, 9.17) is 0 Å². The lowest BCUT2D eigenvalue weighted by atomic mass is 10.1. The van der Waals surface area contributed by atoms with E-state index in [1.54, 1.807) is 0 Å². The number of nitrogens with zero attached hydrogens (tertiary/aromatic N) is 2. The minimum atomic E-state index is 0.945. The average molecular weight is 257 g/mol. The van der Waals surface area contributed by atoms with Crippen molar-refractivity contribution in [3.8, 4) is 0 Å². The zero-order valence-electron chi connectivity index (χ0n) is 11.9. The second-order valence-electron chi connectivity index (χ2n) is 5.24. The molecule has 1 heterocycles. The number of hydrogen-bond acceptors (Lipinski definition) is 3. The summed E-state index contributed by atoms with van der Waals surface area (Å²) >= 11 is 0. The quantitative estimate of drug-likeness (QED) is 0.773. The van der Waals surface area contributed by atoms with Gasteiger partial charge in [0.05, 0.1) is 0 Å². The van der Waals surface area contributed by atoms with Crippen LogP contribution in [0.5, 0.6) is 0 Å². The minimum absolute atomic E-state index is 0.945. The van der Waals surface area contributed by atoms with Crippen molar-refractivity contribution in [1.82, 2.24) is 15.2 Å². The van der Waals surface area contributed by atoms with Crippen LogP contribution in [0.15, 0.2) is 36.7 Å². The molecule has 0 saturated heterocycles. The van der Waals surface area contributed by atoms with Crippen molar-refractivity contribution in [2.75, 3.05) is 27.2 Å². The molecule has 0 saturated carbocycles. The van der Waals surface area contributed by atoms with E-state index in [0.29, 0.717) is 0 Å². The third-order valence-corrected chi connectivity index (χ3v) is 3.24. The van der Waals surface area contributed by atoms with Crippen LogP contribution in [-0.2, 0) is 6.54 Å². The summed E-state index contributed by atoms with van der Waals surface area (Å²) < 4.78 is 0. The summed E-state index contributed by atoms with van der Waals surface area (Å²) in [5.74, 6) is 0. The zero-order chi connectivity index (χ0) is 13.5. The van der Waals surface area contributed by atoms with Crippen LogP contribution in [0.3, 0.4) is 0 Å². The summed E-state index contributed by atoms with van der Waals surface area (Å²) in [4.78, 5) is 6.37. The van der Waals surface area contributed by atoms with E-state index in [9.17, 15) is 0 Å². The Morgan fingerprint density at radius 1 is 1.11 bits per heavy atom. The largest absolute Gasteiger partial charge is 0.313 e. The summed E-state index contributed by atoms with van der Waals surface area (Å²) in [6.45, 7) is 3.20. The highest BCUT2D eigenvalue weighted by Gasteiger charge is 1.97. The van der Waals surface area contributed by atoms with Crippen LogP contribution < -0.4 is 5.32 Å². The molecule has 0 aliphatic rings. The van der Waals surface area contributed by atoms with Crippen molar-refractivity contribution in [1.29, 1.82) is 0 Å². The number of fused-ring (bicyclic) bond motifs is 1. The van der Waals surface area contributed by atoms with Crippen molar-refractivity contribution in [3.63, 3.8) is 0 Å². The van der Waals surface area contributed by atoms with Gasteiger partial charge < -0.3 is 10.2 Å². The fourth-order valence-electron chi connectivity index (χ4n) is 2.15. The summed E-state index contributed by atoms with van der Waals surface area (Å²) in [5, 5.41) is 5.98. The molecule has 1 aromatic heterocycles. The molecule has 0 unspecified atom stereocenters. The van der Waals surface area contributed by atoms with E-state index < -0.39 is 0 Å². The van der Waals surface area contributed by atoms with Gasteiger partial charge in [-0.1, -0.05) is 12.1 Å². The Hall–Kier alpha value is -1.45. The lowest BCUT2D eigenvalue weighted by Crippen LogP contribution is -2.18. The molecular formula is C16H23N3. The van der Waals surface area contributed by atoms with E-state index in [1.807, 2.05) is 12.4 Å². The highest BCUT2D eigenvalue weighted by Crippen LogP contribution is 2.14. The molecule has 102 valence electrons. The van der Waals surface area contributed by atoms with Gasteiger partial charge in [-0.25, -0.2) is 0 Å². The predicted octanol–water partition coefficient (Wildman–Crippen LogP) is 2.67. The van der Waals surface area contributed by atoms with E-state index in [1.165, 1.54) is 35.7 Å². The molecule has 19 heavy (non-hydrogen) atoms. The first-order valence-corrected chi connectivity index (χ1v) is 6.94. The normalized spacial score (nSPS) is 11.3. The maximum Gasteiger partial charge on any atom is 0.0346 e. The molecule has 0 fully saturated rings. The Morgan fingerprint density at radius 3 is 2.84 bits per heavy atom. The van der Waals surface area contributed by atoms with Crippen LogP contribution in [0.25, 0.3) is 10.8 Å². The first-order chi connectivity index (χ1) is 9.25. The van der Waals surface area contributed by atoms with Crippen LogP contribution in [0, 0.1) is 0 Å². The Morgan fingerprint density at radius 2 is 2.00 bits per heavy atom. The SMILES string of the molecule is CN(C)CCCCNCc1ccc2cnccc2c1. The summed E-state index contributed by atoms with van der Waals surface area (Å²) in [6, 6.07) is 8.63. The van der Waals surface area contributed by atoms with Gasteiger partial charge in [0, 0.05) is 24.3 Å². The van der Waals surface area contributed by atoms with Gasteiger partial charge in [-0.3, -0.25) is 4.98 Å². The molecule has 1 aromatic carbocycles. The number of benzene rings is 1. The number of rotatable bonds is 7. The second kappa shape index (κ2) is 7.22. The Kier molecular flexibility index (Phi) is 5.31. The summed E-state index contributed by atoms with van der Waals surface area (Å²) in [6.07, 6.45) is 6.24. The van der Waals surface area contributed by atoms with E-state index in [0.717, 1.165) is 13.1 Å². The van der Waals surface area contributed by atoms with Gasteiger partial charge in [-0.2, -0.15) is 0 Å². The summed E-state index contributed by atoms with van der Waals surface area (Å²) in [5.41, 5.74) is 1.34.